The Morgan fingerprint density at radius 2 is 1.26 bits per heavy atom. The number of amides is 4. The summed E-state index contributed by atoms with van der Waals surface area (Å²) in [6, 6.07) is -0.727. The molecule has 0 unspecified atom stereocenters. The SMILES string of the molecule is CC(C)(C)OC(=O)N(C(=O)OC(C)(C)C)C(=O)N1CCNCC1. The Hall–Kier alpha value is -1.83. The number of ether oxygens (including phenoxy) is 2. The molecule has 1 fully saturated rings. The van der Waals surface area contributed by atoms with Gasteiger partial charge in [0, 0.05) is 26.2 Å². The number of nitrogens with one attached hydrogen (secondary N) is 1. The van der Waals surface area contributed by atoms with Crippen LogP contribution in [-0.4, -0.2) is 65.4 Å². The topological polar surface area (TPSA) is 88.2 Å². The Kier molecular flexibility index (Phi) is 5.98. The van der Waals surface area contributed by atoms with E-state index in [2.05, 4.69) is 5.32 Å². The monoisotopic (exact) mass is 329 g/mol. The Morgan fingerprint density at radius 3 is 1.61 bits per heavy atom. The van der Waals surface area contributed by atoms with Gasteiger partial charge in [-0.1, -0.05) is 0 Å². The van der Waals surface area contributed by atoms with Crippen LogP contribution in [0.15, 0.2) is 0 Å². The fourth-order valence-corrected chi connectivity index (χ4v) is 1.84. The van der Waals surface area contributed by atoms with E-state index in [4.69, 9.17) is 9.47 Å². The second kappa shape index (κ2) is 7.16. The highest BCUT2D eigenvalue weighted by molar-refractivity contribution is 6.05. The third-order valence-corrected chi connectivity index (χ3v) is 2.73. The number of nitrogens with zero attached hydrogens (tertiary/aromatic N) is 2. The first-order valence-electron chi connectivity index (χ1n) is 7.66. The first kappa shape index (κ1) is 19.2. The molecule has 1 saturated heterocycles. The Balaban J connectivity index is 2.97. The summed E-state index contributed by atoms with van der Waals surface area (Å²) in [5.74, 6) is 0. The van der Waals surface area contributed by atoms with E-state index in [-0.39, 0.29) is 0 Å². The maximum atomic E-state index is 12.6. The molecule has 0 aromatic carbocycles. The third kappa shape index (κ3) is 6.43. The average Bonchev–Trinajstić information content (AvgIpc) is 2.35. The lowest BCUT2D eigenvalue weighted by Gasteiger charge is -2.33. The van der Waals surface area contributed by atoms with Crippen LogP contribution in [0.4, 0.5) is 14.4 Å². The summed E-state index contributed by atoms with van der Waals surface area (Å²) in [6.07, 6.45) is -2.06. The van der Waals surface area contributed by atoms with Gasteiger partial charge in [-0.25, -0.2) is 14.4 Å². The Morgan fingerprint density at radius 1 is 0.870 bits per heavy atom. The fourth-order valence-electron chi connectivity index (χ4n) is 1.84. The molecule has 0 saturated carbocycles. The number of piperazine rings is 1. The number of hydrogen-bond acceptors (Lipinski definition) is 6. The second-order valence-corrected chi connectivity index (χ2v) is 7.32. The smallest absolute Gasteiger partial charge is 0.428 e. The lowest BCUT2D eigenvalue weighted by atomic mass is 10.2. The molecule has 1 heterocycles. The molecule has 0 aromatic rings. The molecule has 0 spiro atoms. The zero-order chi connectivity index (χ0) is 17.8. The number of urea groups is 1. The molecule has 8 nitrogen and oxygen atoms in total. The Labute approximate surface area is 137 Å². The molecule has 1 aliphatic rings. The van der Waals surface area contributed by atoms with Gasteiger partial charge in [0.15, 0.2) is 0 Å². The van der Waals surface area contributed by atoms with Crippen molar-refractivity contribution in [1.82, 2.24) is 15.1 Å². The van der Waals surface area contributed by atoms with Crippen molar-refractivity contribution >= 4 is 18.2 Å². The Bertz CT molecular complexity index is 431. The van der Waals surface area contributed by atoms with Crippen LogP contribution in [0.1, 0.15) is 41.5 Å². The summed E-state index contributed by atoms with van der Waals surface area (Å²) in [6.45, 7) is 12.0. The summed E-state index contributed by atoms with van der Waals surface area (Å²) in [7, 11) is 0. The van der Waals surface area contributed by atoms with Crippen LogP contribution in [0.3, 0.4) is 0 Å². The van der Waals surface area contributed by atoms with Gasteiger partial charge in [-0.15, -0.1) is 4.90 Å². The van der Waals surface area contributed by atoms with Crippen molar-refractivity contribution in [1.29, 1.82) is 0 Å². The van der Waals surface area contributed by atoms with Gasteiger partial charge >= 0.3 is 18.2 Å². The van der Waals surface area contributed by atoms with Gasteiger partial charge in [0.1, 0.15) is 11.2 Å². The van der Waals surface area contributed by atoms with Gasteiger partial charge in [0.05, 0.1) is 0 Å². The van der Waals surface area contributed by atoms with E-state index < -0.39 is 29.4 Å². The third-order valence-electron chi connectivity index (χ3n) is 2.73. The second-order valence-electron chi connectivity index (χ2n) is 7.32. The van der Waals surface area contributed by atoms with E-state index in [9.17, 15) is 14.4 Å². The molecule has 8 heteroatoms. The molecule has 23 heavy (non-hydrogen) atoms. The van der Waals surface area contributed by atoms with Gasteiger partial charge < -0.3 is 19.7 Å². The minimum absolute atomic E-state index is 0.404. The van der Waals surface area contributed by atoms with Crippen LogP contribution in [0, 0.1) is 0 Å². The number of imide groups is 3. The predicted octanol–water partition coefficient (Wildman–Crippen LogP) is 2.18. The van der Waals surface area contributed by atoms with Crippen molar-refractivity contribution < 1.29 is 23.9 Å². The van der Waals surface area contributed by atoms with Crippen molar-refractivity contribution in [3.05, 3.63) is 0 Å². The molecule has 0 radical (unpaired) electrons. The van der Waals surface area contributed by atoms with E-state index in [1.54, 1.807) is 41.5 Å². The molecule has 1 rings (SSSR count). The van der Waals surface area contributed by atoms with Gasteiger partial charge in [0.25, 0.3) is 0 Å². The van der Waals surface area contributed by atoms with Crippen LogP contribution in [0.2, 0.25) is 0 Å². The highest BCUT2D eigenvalue weighted by Crippen LogP contribution is 2.16. The number of carbonyl (C=O) groups excluding carboxylic acids is 3. The highest BCUT2D eigenvalue weighted by atomic mass is 16.6. The maximum absolute atomic E-state index is 12.6. The molecule has 0 aromatic heterocycles. The van der Waals surface area contributed by atoms with Gasteiger partial charge in [0.2, 0.25) is 0 Å². The van der Waals surface area contributed by atoms with Crippen molar-refractivity contribution in [2.24, 2.45) is 0 Å². The fraction of sp³-hybridized carbons (Fsp3) is 0.800. The van der Waals surface area contributed by atoms with Gasteiger partial charge in [-0.3, -0.25) is 0 Å². The zero-order valence-corrected chi connectivity index (χ0v) is 14.8. The summed E-state index contributed by atoms with van der Waals surface area (Å²) in [4.78, 5) is 39.0. The number of carbonyl (C=O) groups is 3. The molecule has 1 N–H and O–H groups in total. The van der Waals surface area contributed by atoms with Crippen LogP contribution < -0.4 is 5.32 Å². The van der Waals surface area contributed by atoms with Crippen molar-refractivity contribution in [2.45, 2.75) is 52.7 Å². The molecule has 0 aliphatic carbocycles. The van der Waals surface area contributed by atoms with Gasteiger partial charge in [-0.05, 0) is 41.5 Å². The lowest BCUT2D eigenvalue weighted by Crippen LogP contribution is -2.56. The molecule has 0 bridgehead atoms. The molecule has 1 aliphatic heterocycles. The molecular formula is C15H27N3O5. The molecule has 132 valence electrons. The van der Waals surface area contributed by atoms with Gasteiger partial charge in [-0.2, -0.15) is 0 Å². The van der Waals surface area contributed by atoms with Crippen LogP contribution in [0.5, 0.6) is 0 Å². The van der Waals surface area contributed by atoms with Crippen molar-refractivity contribution in [2.75, 3.05) is 26.2 Å². The average molecular weight is 329 g/mol. The van der Waals surface area contributed by atoms with Crippen LogP contribution in [-0.2, 0) is 9.47 Å². The quantitative estimate of drug-likeness (QED) is 0.733. The first-order chi connectivity index (χ1) is 10.4. The summed E-state index contributed by atoms with van der Waals surface area (Å²) in [5, 5.41) is 3.10. The van der Waals surface area contributed by atoms with E-state index in [1.165, 1.54) is 4.90 Å². The minimum Gasteiger partial charge on any atom is -0.443 e. The normalized spacial score (nSPS) is 15.8. The number of rotatable bonds is 0. The molecule has 4 amide bonds. The summed E-state index contributed by atoms with van der Waals surface area (Å²) >= 11 is 0. The standard InChI is InChI=1S/C15H27N3O5/c1-14(2,3)22-12(20)18(13(21)23-15(4,5)6)11(19)17-9-7-16-8-10-17/h16H,7-10H2,1-6H3. The molecule has 0 atom stereocenters. The van der Waals surface area contributed by atoms with Crippen molar-refractivity contribution in [3.63, 3.8) is 0 Å². The van der Waals surface area contributed by atoms with E-state index in [1.807, 2.05) is 0 Å². The number of hydrogen-bond donors (Lipinski definition) is 1. The highest BCUT2D eigenvalue weighted by Gasteiger charge is 2.39. The van der Waals surface area contributed by atoms with Crippen LogP contribution >= 0.6 is 0 Å². The van der Waals surface area contributed by atoms with E-state index in [0.717, 1.165) is 0 Å². The van der Waals surface area contributed by atoms with Crippen LogP contribution in [0.25, 0.3) is 0 Å². The predicted molar refractivity (Wildman–Crippen MR) is 84.1 cm³/mol. The first-order valence-corrected chi connectivity index (χ1v) is 7.66. The summed E-state index contributed by atoms with van der Waals surface area (Å²) < 4.78 is 10.3. The molecular weight excluding hydrogens is 302 g/mol. The zero-order valence-electron chi connectivity index (χ0n) is 14.8. The maximum Gasteiger partial charge on any atom is 0.428 e. The summed E-state index contributed by atoms with van der Waals surface area (Å²) in [5.41, 5.74) is -1.66. The minimum atomic E-state index is -1.03. The lowest BCUT2D eigenvalue weighted by molar-refractivity contribution is 0.00610. The van der Waals surface area contributed by atoms with E-state index in [0.29, 0.717) is 31.1 Å². The van der Waals surface area contributed by atoms with E-state index >= 15 is 0 Å². The van der Waals surface area contributed by atoms with Crippen molar-refractivity contribution in [3.8, 4) is 0 Å². The largest absolute Gasteiger partial charge is 0.443 e.